The maximum absolute atomic E-state index is 13.3. The molecule has 0 radical (unpaired) electrons. The third kappa shape index (κ3) is 5.30. The summed E-state index contributed by atoms with van der Waals surface area (Å²) in [5, 5.41) is 13.2. The molecule has 122 valence electrons. The standard InChI is InChI=1S/C17H24FNO3/c18-14-7-3-4-8-15(14)22-12-9-16(20)19-13-17(21)10-5-1-2-6-11-17/h3-4,7-8,21H,1-2,5-6,9-13H2,(H,19,20). The molecule has 2 rings (SSSR count). The van der Waals surface area contributed by atoms with Crippen molar-refractivity contribution in [1.82, 2.24) is 5.32 Å². The molecule has 1 saturated carbocycles. The third-order valence-corrected chi connectivity index (χ3v) is 4.07. The second-order valence-electron chi connectivity index (χ2n) is 5.94. The van der Waals surface area contributed by atoms with Crippen LogP contribution >= 0.6 is 0 Å². The smallest absolute Gasteiger partial charge is 0.223 e. The Morgan fingerprint density at radius 3 is 2.59 bits per heavy atom. The van der Waals surface area contributed by atoms with Crippen molar-refractivity contribution in [3.8, 4) is 5.75 Å². The van der Waals surface area contributed by atoms with Crippen molar-refractivity contribution < 1.29 is 19.0 Å². The number of para-hydroxylation sites is 1. The van der Waals surface area contributed by atoms with Gasteiger partial charge in [0.05, 0.1) is 18.6 Å². The normalized spacial score (nSPS) is 17.5. The van der Waals surface area contributed by atoms with E-state index in [1.165, 1.54) is 12.1 Å². The Hall–Kier alpha value is -1.62. The van der Waals surface area contributed by atoms with Gasteiger partial charge in [0.1, 0.15) is 0 Å². The Morgan fingerprint density at radius 2 is 1.91 bits per heavy atom. The van der Waals surface area contributed by atoms with Crippen LogP contribution in [-0.2, 0) is 4.79 Å². The first-order valence-corrected chi connectivity index (χ1v) is 7.95. The van der Waals surface area contributed by atoms with Crippen LogP contribution in [0.5, 0.6) is 5.75 Å². The largest absolute Gasteiger partial charge is 0.490 e. The summed E-state index contributed by atoms with van der Waals surface area (Å²) in [6.45, 7) is 0.400. The molecule has 0 saturated heterocycles. The maximum atomic E-state index is 13.3. The van der Waals surface area contributed by atoms with Crippen LogP contribution in [0.3, 0.4) is 0 Å². The fourth-order valence-electron chi connectivity index (χ4n) is 2.73. The predicted octanol–water partition coefficient (Wildman–Crippen LogP) is 2.80. The number of carbonyl (C=O) groups excluding carboxylic acids is 1. The van der Waals surface area contributed by atoms with Crippen molar-refractivity contribution in [3.63, 3.8) is 0 Å². The minimum absolute atomic E-state index is 0.116. The van der Waals surface area contributed by atoms with Gasteiger partial charge in [-0.15, -0.1) is 0 Å². The highest BCUT2D eigenvalue weighted by Crippen LogP contribution is 2.26. The van der Waals surface area contributed by atoms with Gasteiger partial charge in [0, 0.05) is 6.54 Å². The summed E-state index contributed by atoms with van der Waals surface area (Å²) < 4.78 is 18.6. The molecule has 1 aliphatic carbocycles. The number of benzene rings is 1. The lowest BCUT2D eigenvalue weighted by atomic mass is 9.94. The quantitative estimate of drug-likeness (QED) is 0.794. The zero-order valence-corrected chi connectivity index (χ0v) is 12.8. The minimum atomic E-state index is -0.779. The Bertz CT molecular complexity index is 485. The van der Waals surface area contributed by atoms with Gasteiger partial charge in [-0.05, 0) is 25.0 Å². The van der Waals surface area contributed by atoms with Gasteiger partial charge in [0.15, 0.2) is 11.6 Å². The summed E-state index contributed by atoms with van der Waals surface area (Å²) in [6.07, 6.45) is 5.91. The van der Waals surface area contributed by atoms with E-state index in [4.69, 9.17) is 4.74 Å². The number of ether oxygens (including phenoxy) is 1. The van der Waals surface area contributed by atoms with Crippen molar-refractivity contribution in [2.24, 2.45) is 0 Å². The molecule has 0 aliphatic heterocycles. The van der Waals surface area contributed by atoms with E-state index in [0.29, 0.717) is 0 Å². The highest BCUT2D eigenvalue weighted by Gasteiger charge is 2.28. The van der Waals surface area contributed by atoms with Crippen LogP contribution in [0.25, 0.3) is 0 Å². The molecule has 1 fully saturated rings. The number of amides is 1. The summed E-state index contributed by atoms with van der Waals surface area (Å²) >= 11 is 0. The number of nitrogens with one attached hydrogen (secondary N) is 1. The second-order valence-corrected chi connectivity index (χ2v) is 5.94. The first-order valence-electron chi connectivity index (χ1n) is 7.95. The van der Waals surface area contributed by atoms with Crippen LogP contribution in [0.2, 0.25) is 0 Å². The zero-order valence-electron chi connectivity index (χ0n) is 12.8. The van der Waals surface area contributed by atoms with E-state index >= 15 is 0 Å². The second kappa shape index (κ2) is 8.13. The molecule has 0 atom stereocenters. The molecule has 0 aromatic heterocycles. The van der Waals surface area contributed by atoms with E-state index in [9.17, 15) is 14.3 Å². The molecular formula is C17H24FNO3. The average Bonchev–Trinajstić information content (AvgIpc) is 2.73. The molecule has 1 aromatic carbocycles. The van der Waals surface area contributed by atoms with E-state index in [-0.39, 0.29) is 31.2 Å². The first-order chi connectivity index (χ1) is 10.6. The molecule has 2 N–H and O–H groups in total. The molecular weight excluding hydrogens is 285 g/mol. The summed E-state index contributed by atoms with van der Waals surface area (Å²) in [5.41, 5.74) is -0.779. The Labute approximate surface area is 130 Å². The van der Waals surface area contributed by atoms with Crippen molar-refractivity contribution in [3.05, 3.63) is 30.1 Å². The van der Waals surface area contributed by atoms with Crippen LogP contribution < -0.4 is 10.1 Å². The van der Waals surface area contributed by atoms with Crippen molar-refractivity contribution >= 4 is 5.91 Å². The van der Waals surface area contributed by atoms with Gasteiger partial charge in [-0.3, -0.25) is 4.79 Å². The van der Waals surface area contributed by atoms with Crippen LogP contribution in [-0.4, -0.2) is 29.8 Å². The van der Waals surface area contributed by atoms with E-state index in [1.54, 1.807) is 12.1 Å². The van der Waals surface area contributed by atoms with Gasteiger partial charge < -0.3 is 15.2 Å². The average molecular weight is 309 g/mol. The first kappa shape index (κ1) is 16.7. The molecule has 0 unspecified atom stereocenters. The lowest BCUT2D eigenvalue weighted by molar-refractivity contribution is -0.123. The predicted molar refractivity (Wildman–Crippen MR) is 82.2 cm³/mol. The zero-order chi connectivity index (χ0) is 15.8. The van der Waals surface area contributed by atoms with Crippen LogP contribution in [0.1, 0.15) is 44.9 Å². The van der Waals surface area contributed by atoms with Gasteiger partial charge >= 0.3 is 0 Å². The summed E-state index contributed by atoms with van der Waals surface area (Å²) in [6, 6.07) is 6.11. The number of hydrogen-bond acceptors (Lipinski definition) is 3. The number of hydrogen-bond donors (Lipinski definition) is 2. The topological polar surface area (TPSA) is 58.6 Å². The van der Waals surface area contributed by atoms with Crippen LogP contribution in [0.15, 0.2) is 24.3 Å². The third-order valence-electron chi connectivity index (χ3n) is 4.07. The molecule has 1 aromatic rings. The van der Waals surface area contributed by atoms with E-state index < -0.39 is 11.4 Å². The molecule has 0 spiro atoms. The molecule has 5 heteroatoms. The fourth-order valence-corrected chi connectivity index (χ4v) is 2.73. The van der Waals surface area contributed by atoms with Gasteiger partial charge in [-0.1, -0.05) is 37.8 Å². The summed E-state index contributed by atoms with van der Waals surface area (Å²) in [4.78, 5) is 11.8. The Morgan fingerprint density at radius 1 is 1.23 bits per heavy atom. The van der Waals surface area contributed by atoms with Gasteiger partial charge in [-0.25, -0.2) is 4.39 Å². The monoisotopic (exact) mass is 309 g/mol. The highest BCUT2D eigenvalue weighted by molar-refractivity contribution is 5.76. The highest BCUT2D eigenvalue weighted by atomic mass is 19.1. The fraction of sp³-hybridized carbons (Fsp3) is 0.588. The molecule has 1 aliphatic rings. The Balaban J connectivity index is 1.68. The van der Waals surface area contributed by atoms with Gasteiger partial charge in [-0.2, -0.15) is 0 Å². The number of aliphatic hydroxyl groups is 1. The van der Waals surface area contributed by atoms with Gasteiger partial charge in [0.25, 0.3) is 0 Å². The van der Waals surface area contributed by atoms with E-state index in [1.807, 2.05) is 0 Å². The SMILES string of the molecule is O=C(CCOc1ccccc1F)NCC1(O)CCCCCC1. The summed E-state index contributed by atoms with van der Waals surface area (Å²) in [5.74, 6) is -0.470. The minimum Gasteiger partial charge on any atom is -0.490 e. The van der Waals surface area contributed by atoms with Crippen molar-refractivity contribution in [1.29, 1.82) is 0 Å². The number of carbonyl (C=O) groups is 1. The van der Waals surface area contributed by atoms with Gasteiger partial charge in [0.2, 0.25) is 5.91 Å². The molecule has 0 heterocycles. The Kier molecular flexibility index (Phi) is 6.19. The van der Waals surface area contributed by atoms with Crippen molar-refractivity contribution in [2.45, 2.75) is 50.5 Å². The number of halogens is 1. The number of rotatable bonds is 6. The van der Waals surface area contributed by atoms with E-state index in [2.05, 4.69) is 5.32 Å². The lowest BCUT2D eigenvalue weighted by Gasteiger charge is -2.26. The van der Waals surface area contributed by atoms with Crippen LogP contribution in [0, 0.1) is 5.82 Å². The maximum Gasteiger partial charge on any atom is 0.223 e. The van der Waals surface area contributed by atoms with Crippen molar-refractivity contribution in [2.75, 3.05) is 13.2 Å². The lowest BCUT2D eigenvalue weighted by Crippen LogP contribution is -2.42. The molecule has 1 amide bonds. The van der Waals surface area contributed by atoms with E-state index in [0.717, 1.165) is 38.5 Å². The molecule has 0 bridgehead atoms. The molecule has 22 heavy (non-hydrogen) atoms. The van der Waals surface area contributed by atoms with Crippen LogP contribution in [0.4, 0.5) is 4.39 Å². The molecule has 4 nitrogen and oxygen atoms in total. The summed E-state index contributed by atoms with van der Waals surface area (Å²) in [7, 11) is 0.